The number of hydrogen-bond acceptors (Lipinski definition) is 4. The van der Waals surface area contributed by atoms with Crippen molar-refractivity contribution in [2.75, 3.05) is 0 Å². The highest BCUT2D eigenvalue weighted by molar-refractivity contribution is 5.77. The molecule has 0 fully saturated rings. The lowest BCUT2D eigenvalue weighted by molar-refractivity contribution is 0.195. The van der Waals surface area contributed by atoms with Crippen LogP contribution in [0.15, 0.2) is 23.7 Å². The van der Waals surface area contributed by atoms with Crippen molar-refractivity contribution in [3.63, 3.8) is 0 Å². The van der Waals surface area contributed by atoms with Crippen LogP contribution in [0.2, 0.25) is 0 Å². The van der Waals surface area contributed by atoms with Gasteiger partial charge >= 0.3 is 6.09 Å². The number of carboxylic acid groups (broad SMARTS) is 1. The molecule has 0 spiro atoms. The number of nitrogens with one attached hydrogen (secondary N) is 1. The minimum Gasteiger partial charge on any atom is -0.464 e. The van der Waals surface area contributed by atoms with E-state index in [1.165, 1.54) is 24.8 Å². The maximum absolute atomic E-state index is 9.93. The van der Waals surface area contributed by atoms with Crippen LogP contribution in [-0.4, -0.2) is 27.4 Å². The van der Waals surface area contributed by atoms with Crippen LogP contribution in [0.25, 0.3) is 0 Å². The molecule has 6 heteroatoms. The summed E-state index contributed by atoms with van der Waals surface area (Å²) in [5, 5.41) is 11.5. The Morgan fingerprint density at radius 1 is 1.67 bits per heavy atom. The average molecular weight is 166 g/mol. The number of carbonyl (C=O) groups is 1. The first-order valence-electron chi connectivity index (χ1n) is 3.07. The fourth-order valence-electron chi connectivity index (χ4n) is 0.531. The summed E-state index contributed by atoms with van der Waals surface area (Å²) in [6.45, 7) is 0. The van der Waals surface area contributed by atoms with Crippen LogP contribution in [0.1, 0.15) is 5.69 Å². The van der Waals surface area contributed by atoms with Crippen molar-refractivity contribution in [1.29, 1.82) is 0 Å². The number of amides is 1. The average Bonchev–Trinajstić information content (AvgIpc) is 2.05. The van der Waals surface area contributed by atoms with Gasteiger partial charge in [0.2, 0.25) is 0 Å². The molecule has 0 saturated heterocycles. The van der Waals surface area contributed by atoms with E-state index in [0.717, 1.165) is 0 Å². The van der Waals surface area contributed by atoms with E-state index >= 15 is 0 Å². The Kier molecular flexibility index (Phi) is 2.72. The minimum atomic E-state index is -1.21. The Morgan fingerprint density at radius 3 is 3.08 bits per heavy atom. The molecule has 1 rings (SSSR count). The van der Waals surface area contributed by atoms with Crippen LogP contribution in [0, 0.1) is 0 Å². The Hall–Kier alpha value is -1.98. The molecule has 0 aromatic carbocycles. The van der Waals surface area contributed by atoms with Gasteiger partial charge in [-0.3, -0.25) is 9.97 Å². The first kappa shape index (κ1) is 8.12. The zero-order valence-electron chi connectivity index (χ0n) is 6.01. The van der Waals surface area contributed by atoms with Gasteiger partial charge in [-0.15, -0.1) is 0 Å². The number of nitrogens with zero attached hydrogens (tertiary/aromatic N) is 3. The second-order valence-corrected chi connectivity index (χ2v) is 1.81. The number of rotatable bonds is 2. The second kappa shape index (κ2) is 4.02. The largest absolute Gasteiger partial charge is 0.464 e. The molecular formula is C6H6N4O2. The molecule has 6 nitrogen and oxygen atoms in total. The highest BCUT2D eigenvalue weighted by atomic mass is 16.4. The van der Waals surface area contributed by atoms with E-state index in [1.54, 1.807) is 0 Å². The van der Waals surface area contributed by atoms with Crippen molar-refractivity contribution in [3.8, 4) is 0 Å². The molecule has 1 heterocycles. The smallest absolute Gasteiger partial charge is 0.425 e. The molecule has 1 amide bonds. The number of hydrazone groups is 1. The minimum absolute atomic E-state index is 0.492. The normalized spacial score (nSPS) is 10.0. The summed E-state index contributed by atoms with van der Waals surface area (Å²) in [7, 11) is 0. The summed E-state index contributed by atoms with van der Waals surface area (Å²) < 4.78 is 0. The van der Waals surface area contributed by atoms with Crippen molar-refractivity contribution >= 4 is 12.3 Å². The van der Waals surface area contributed by atoms with Crippen LogP contribution < -0.4 is 5.43 Å². The second-order valence-electron chi connectivity index (χ2n) is 1.81. The van der Waals surface area contributed by atoms with Crippen LogP contribution in [-0.2, 0) is 0 Å². The molecule has 1 aromatic heterocycles. The lowest BCUT2D eigenvalue weighted by atomic mass is 10.5. The third kappa shape index (κ3) is 2.74. The summed E-state index contributed by atoms with van der Waals surface area (Å²) in [4.78, 5) is 17.5. The maximum atomic E-state index is 9.93. The van der Waals surface area contributed by atoms with E-state index in [-0.39, 0.29) is 0 Å². The predicted octanol–water partition coefficient (Wildman–Crippen LogP) is 0.0781. The fraction of sp³-hybridized carbons (Fsp3) is 0. The van der Waals surface area contributed by atoms with Gasteiger partial charge in [0, 0.05) is 12.4 Å². The summed E-state index contributed by atoms with van der Waals surface area (Å²) in [5.74, 6) is 0. The van der Waals surface area contributed by atoms with Gasteiger partial charge in [0.05, 0.1) is 12.4 Å². The third-order valence-corrected chi connectivity index (χ3v) is 0.940. The highest BCUT2D eigenvalue weighted by Gasteiger charge is 1.88. The van der Waals surface area contributed by atoms with Gasteiger partial charge in [-0.25, -0.2) is 10.2 Å². The fourth-order valence-corrected chi connectivity index (χ4v) is 0.531. The molecule has 0 bridgehead atoms. The topological polar surface area (TPSA) is 87.5 Å². The van der Waals surface area contributed by atoms with E-state index in [2.05, 4.69) is 15.1 Å². The van der Waals surface area contributed by atoms with Crippen molar-refractivity contribution in [1.82, 2.24) is 15.4 Å². The van der Waals surface area contributed by atoms with Gasteiger partial charge in [0.25, 0.3) is 0 Å². The predicted molar refractivity (Wildman–Crippen MR) is 40.8 cm³/mol. The van der Waals surface area contributed by atoms with Gasteiger partial charge < -0.3 is 5.11 Å². The van der Waals surface area contributed by atoms with Gasteiger partial charge in [-0.2, -0.15) is 5.10 Å². The molecule has 1 aromatic rings. The van der Waals surface area contributed by atoms with Gasteiger partial charge in [-0.1, -0.05) is 0 Å². The molecule has 0 saturated carbocycles. The zero-order valence-corrected chi connectivity index (χ0v) is 6.01. The molecule has 0 atom stereocenters. The molecular weight excluding hydrogens is 160 g/mol. The first-order chi connectivity index (χ1) is 5.79. The van der Waals surface area contributed by atoms with Gasteiger partial charge in [-0.05, 0) is 0 Å². The van der Waals surface area contributed by atoms with Gasteiger partial charge in [0.1, 0.15) is 5.69 Å². The Labute approximate surface area is 68.0 Å². The number of hydrogen-bond donors (Lipinski definition) is 2. The van der Waals surface area contributed by atoms with Crippen molar-refractivity contribution < 1.29 is 9.90 Å². The molecule has 0 aliphatic rings. The van der Waals surface area contributed by atoms with E-state index in [9.17, 15) is 4.79 Å². The molecule has 0 aliphatic carbocycles. The molecule has 12 heavy (non-hydrogen) atoms. The summed E-state index contributed by atoms with van der Waals surface area (Å²) >= 11 is 0. The zero-order chi connectivity index (χ0) is 8.81. The van der Waals surface area contributed by atoms with E-state index in [1.807, 2.05) is 5.43 Å². The molecule has 0 unspecified atom stereocenters. The van der Waals surface area contributed by atoms with E-state index in [4.69, 9.17) is 5.11 Å². The quantitative estimate of drug-likeness (QED) is 0.481. The molecule has 0 radical (unpaired) electrons. The summed E-state index contributed by atoms with van der Waals surface area (Å²) in [6.07, 6.45) is 4.52. The Morgan fingerprint density at radius 2 is 2.50 bits per heavy atom. The monoisotopic (exact) mass is 166 g/mol. The standard InChI is InChI=1S/C6H6N4O2/c11-6(12)10-9-4-5-3-7-1-2-8-5/h1-4,10H,(H,11,12)/b9-4+. The van der Waals surface area contributed by atoms with Crippen molar-refractivity contribution in [2.24, 2.45) is 5.10 Å². The Balaban J connectivity index is 2.52. The first-order valence-corrected chi connectivity index (χ1v) is 3.07. The van der Waals surface area contributed by atoms with Crippen LogP contribution in [0.4, 0.5) is 4.79 Å². The summed E-state index contributed by atoms with van der Waals surface area (Å²) in [5.41, 5.74) is 2.30. The summed E-state index contributed by atoms with van der Waals surface area (Å²) in [6, 6.07) is 0. The van der Waals surface area contributed by atoms with Gasteiger partial charge in [0.15, 0.2) is 0 Å². The maximum Gasteiger partial charge on any atom is 0.425 e. The third-order valence-electron chi connectivity index (χ3n) is 0.940. The van der Waals surface area contributed by atoms with E-state index < -0.39 is 6.09 Å². The molecule has 0 aliphatic heterocycles. The van der Waals surface area contributed by atoms with Crippen molar-refractivity contribution in [2.45, 2.75) is 0 Å². The SMILES string of the molecule is O=C(O)N/N=C/c1cnccn1. The Bertz CT molecular complexity index is 285. The molecule has 62 valence electrons. The lowest BCUT2D eigenvalue weighted by Gasteiger charge is -1.89. The van der Waals surface area contributed by atoms with Crippen molar-refractivity contribution in [3.05, 3.63) is 24.3 Å². The van der Waals surface area contributed by atoms with Crippen LogP contribution in [0.3, 0.4) is 0 Å². The van der Waals surface area contributed by atoms with E-state index in [0.29, 0.717) is 5.69 Å². The highest BCUT2D eigenvalue weighted by Crippen LogP contribution is 1.82. The molecule has 2 N–H and O–H groups in total. The van der Waals surface area contributed by atoms with Crippen LogP contribution in [0.5, 0.6) is 0 Å². The lowest BCUT2D eigenvalue weighted by Crippen LogP contribution is -2.13. The number of aromatic nitrogens is 2. The van der Waals surface area contributed by atoms with Crippen LogP contribution >= 0.6 is 0 Å².